The van der Waals surface area contributed by atoms with Crippen LogP contribution >= 0.6 is 0 Å². The quantitative estimate of drug-likeness (QED) is 0.830. The highest BCUT2D eigenvalue weighted by Crippen LogP contribution is 2.11. The summed E-state index contributed by atoms with van der Waals surface area (Å²) < 4.78 is 4.77. The van der Waals surface area contributed by atoms with Crippen molar-refractivity contribution in [3.63, 3.8) is 0 Å². The molecule has 5 heteroatoms. The fraction of sp³-hybridized carbons (Fsp3) is 0.222. The number of nitrogens with one attached hydrogen (secondary N) is 1. The lowest BCUT2D eigenvalue weighted by molar-refractivity contribution is -0.142. The van der Waals surface area contributed by atoms with E-state index in [0.717, 1.165) is 11.1 Å². The Balaban J connectivity index is 2.12. The zero-order valence-corrected chi connectivity index (χ0v) is 13.1. The highest BCUT2D eigenvalue weighted by molar-refractivity contribution is 5.96. The van der Waals surface area contributed by atoms with Crippen molar-refractivity contribution >= 4 is 11.9 Å². The molecule has 0 aliphatic rings. The molecule has 1 amide bonds. The molecule has 0 aliphatic heterocycles. The smallest absolute Gasteiger partial charge is 0.328 e. The number of carbonyl (C=O) groups excluding carboxylic acids is 2. The predicted molar refractivity (Wildman–Crippen MR) is 86.3 cm³/mol. The van der Waals surface area contributed by atoms with Gasteiger partial charge in [-0.2, -0.15) is 0 Å². The van der Waals surface area contributed by atoms with Crippen molar-refractivity contribution in [3.8, 4) is 5.75 Å². The molecule has 0 heterocycles. The van der Waals surface area contributed by atoms with Gasteiger partial charge in [0.15, 0.2) is 0 Å². The highest BCUT2D eigenvalue weighted by Gasteiger charge is 2.22. The number of carbonyl (C=O) groups is 2. The number of phenols is 1. The first-order valence-corrected chi connectivity index (χ1v) is 7.23. The lowest BCUT2D eigenvalue weighted by Crippen LogP contribution is -2.43. The van der Waals surface area contributed by atoms with Crippen LogP contribution in [0.2, 0.25) is 0 Å². The number of hydrogen-bond acceptors (Lipinski definition) is 4. The van der Waals surface area contributed by atoms with Crippen LogP contribution in [-0.2, 0) is 16.0 Å². The average molecular weight is 313 g/mol. The molecule has 0 saturated heterocycles. The van der Waals surface area contributed by atoms with Crippen molar-refractivity contribution < 1.29 is 19.4 Å². The molecule has 1 atom stereocenters. The fourth-order valence-electron chi connectivity index (χ4n) is 2.15. The second kappa shape index (κ2) is 7.45. The number of phenolic OH excluding ortho intramolecular Hbond substituents is 1. The van der Waals surface area contributed by atoms with Crippen LogP contribution in [0.1, 0.15) is 21.5 Å². The van der Waals surface area contributed by atoms with Gasteiger partial charge in [0.25, 0.3) is 5.91 Å². The summed E-state index contributed by atoms with van der Waals surface area (Å²) in [6.07, 6.45) is 0.344. The van der Waals surface area contributed by atoms with Crippen LogP contribution in [0.15, 0.2) is 48.5 Å². The van der Waals surface area contributed by atoms with Gasteiger partial charge in [-0.15, -0.1) is 0 Å². The van der Waals surface area contributed by atoms with Crippen LogP contribution in [-0.4, -0.2) is 30.1 Å². The van der Waals surface area contributed by atoms with Crippen molar-refractivity contribution in [2.24, 2.45) is 0 Å². The normalized spacial score (nSPS) is 11.6. The third kappa shape index (κ3) is 4.57. The first-order valence-electron chi connectivity index (χ1n) is 7.23. The van der Waals surface area contributed by atoms with Gasteiger partial charge < -0.3 is 15.2 Å². The van der Waals surface area contributed by atoms with Gasteiger partial charge in [-0.05, 0) is 36.8 Å². The highest BCUT2D eigenvalue weighted by atomic mass is 16.5. The third-order valence-electron chi connectivity index (χ3n) is 3.48. The molecule has 2 aromatic carbocycles. The van der Waals surface area contributed by atoms with Gasteiger partial charge >= 0.3 is 5.97 Å². The lowest BCUT2D eigenvalue weighted by Gasteiger charge is -2.17. The second-order valence-electron chi connectivity index (χ2n) is 5.29. The molecule has 2 N–H and O–H groups in total. The molecule has 0 unspecified atom stereocenters. The third-order valence-corrected chi connectivity index (χ3v) is 3.48. The molecule has 120 valence electrons. The van der Waals surface area contributed by atoms with Gasteiger partial charge in [-0.3, -0.25) is 4.79 Å². The Morgan fingerprint density at radius 1 is 1.09 bits per heavy atom. The molecule has 2 aromatic rings. The van der Waals surface area contributed by atoms with E-state index in [1.807, 2.05) is 31.2 Å². The molecule has 23 heavy (non-hydrogen) atoms. The maximum Gasteiger partial charge on any atom is 0.328 e. The summed E-state index contributed by atoms with van der Waals surface area (Å²) in [5.41, 5.74) is 2.41. The lowest BCUT2D eigenvalue weighted by atomic mass is 10.0. The van der Waals surface area contributed by atoms with Crippen LogP contribution in [0.5, 0.6) is 5.75 Å². The number of benzene rings is 2. The van der Waals surface area contributed by atoms with Crippen molar-refractivity contribution in [2.75, 3.05) is 7.11 Å². The van der Waals surface area contributed by atoms with Crippen LogP contribution in [0.3, 0.4) is 0 Å². The number of hydrogen-bond donors (Lipinski definition) is 2. The van der Waals surface area contributed by atoms with E-state index in [1.54, 1.807) is 0 Å². The Labute approximate surface area is 134 Å². The van der Waals surface area contributed by atoms with E-state index in [4.69, 9.17) is 4.74 Å². The molecule has 0 saturated carbocycles. The van der Waals surface area contributed by atoms with Crippen LogP contribution in [0, 0.1) is 6.92 Å². The van der Waals surface area contributed by atoms with Crippen molar-refractivity contribution in [3.05, 3.63) is 65.2 Å². The summed E-state index contributed by atoms with van der Waals surface area (Å²) in [5.74, 6) is -0.823. The van der Waals surface area contributed by atoms with Gasteiger partial charge in [0.05, 0.1) is 7.11 Å². The Bertz CT molecular complexity index is 677. The van der Waals surface area contributed by atoms with Gasteiger partial charge in [-0.25, -0.2) is 4.79 Å². The minimum Gasteiger partial charge on any atom is -0.508 e. The number of esters is 1. The molecule has 0 bridgehead atoms. The van der Waals surface area contributed by atoms with E-state index >= 15 is 0 Å². The van der Waals surface area contributed by atoms with Crippen molar-refractivity contribution in [2.45, 2.75) is 19.4 Å². The van der Waals surface area contributed by atoms with E-state index in [2.05, 4.69) is 5.32 Å². The SMILES string of the molecule is COC(=O)[C@H](Cc1ccc(C)cc1)NC(=O)c1ccc(O)cc1. The number of amides is 1. The average Bonchev–Trinajstić information content (AvgIpc) is 2.56. The molecular weight excluding hydrogens is 294 g/mol. The number of methoxy groups -OCH3 is 1. The van der Waals surface area contributed by atoms with E-state index in [-0.39, 0.29) is 5.75 Å². The molecule has 0 radical (unpaired) electrons. The van der Waals surface area contributed by atoms with Gasteiger partial charge in [0.1, 0.15) is 11.8 Å². The van der Waals surface area contributed by atoms with Crippen LogP contribution in [0.25, 0.3) is 0 Å². The van der Waals surface area contributed by atoms with Gasteiger partial charge in [0, 0.05) is 12.0 Å². The van der Waals surface area contributed by atoms with E-state index in [9.17, 15) is 14.7 Å². The predicted octanol–water partition coefficient (Wildman–Crippen LogP) is 2.21. The standard InChI is InChI=1S/C18H19NO4/c1-12-3-5-13(6-4-12)11-16(18(22)23-2)19-17(21)14-7-9-15(20)10-8-14/h3-10,16,20H,11H2,1-2H3,(H,19,21)/t16-/m0/s1. The summed E-state index contributed by atoms with van der Waals surface area (Å²) in [6.45, 7) is 1.98. The maximum atomic E-state index is 12.2. The molecular formula is C18H19NO4. The van der Waals surface area contributed by atoms with Gasteiger partial charge in [-0.1, -0.05) is 29.8 Å². The number of aryl methyl sites for hydroxylation is 1. The monoisotopic (exact) mass is 313 g/mol. The topological polar surface area (TPSA) is 75.6 Å². The number of ether oxygens (including phenoxy) is 1. The fourth-order valence-corrected chi connectivity index (χ4v) is 2.15. The summed E-state index contributed by atoms with van der Waals surface area (Å²) in [7, 11) is 1.29. The Kier molecular flexibility index (Phi) is 5.36. The summed E-state index contributed by atoms with van der Waals surface area (Å²) in [4.78, 5) is 24.2. The minimum atomic E-state index is -0.774. The van der Waals surface area contributed by atoms with Gasteiger partial charge in [0.2, 0.25) is 0 Å². The first kappa shape index (κ1) is 16.5. The Hall–Kier alpha value is -2.82. The summed E-state index contributed by atoms with van der Waals surface area (Å²) >= 11 is 0. The summed E-state index contributed by atoms with van der Waals surface area (Å²) in [6, 6.07) is 12.8. The number of aromatic hydroxyl groups is 1. The van der Waals surface area contributed by atoms with E-state index in [1.165, 1.54) is 31.4 Å². The summed E-state index contributed by atoms with van der Waals surface area (Å²) in [5, 5.41) is 11.9. The maximum absolute atomic E-state index is 12.2. The minimum absolute atomic E-state index is 0.0747. The number of rotatable bonds is 5. The zero-order valence-electron chi connectivity index (χ0n) is 13.1. The second-order valence-corrected chi connectivity index (χ2v) is 5.29. The van der Waals surface area contributed by atoms with Crippen LogP contribution in [0.4, 0.5) is 0 Å². The molecule has 0 aromatic heterocycles. The van der Waals surface area contributed by atoms with Crippen molar-refractivity contribution in [1.82, 2.24) is 5.32 Å². The Morgan fingerprint density at radius 2 is 1.70 bits per heavy atom. The molecule has 0 fully saturated rings. The molecule has 2 rings (SSSR count). The molecule has 0 spiro atoms. The van der Waals surface area contributed by atoms with Crippen LogP contribution < -0.4 is 5.32 Å². The van der Waals surface area contributed by atoms with E-state index in [0.29, 0.717) is 12.0 Å². The Morgan fingerprint density at radius 3 is 2.26 bits per heavy atom. The van der Waals surface area contributed by atoms with E-state index < -0.39 is 17.9 Å². The van der Waals surface area contributed by atoms with Crippen molar-refractivity contribution in [1.29, 1.82) is 0 Å². The largest absolute Gasteiger partial charge is 0.508 e. The molecule has 5 nitrogen and oxygen atoms in total. The first-order chi connectivity index (χ1) is 11.0. The zero-order chi connectivity index (χ0) is 16.8. The molecule has 0 aliphatic carbocycles.